The molecule has 8 heteroatoms. The third kappa shape index (κ3) is 7.35. The lowest BCUT2D eigenvalue weighted by molar-refractivity contribution is -0.616. The van der Waals surface area contributed by atoms with Crippen molar-refractivity contribution in [3.63, 3.8) is 0 Å². The van der Waals surface area contributed by atoms with Crippen molar-refractivity contribution in [1.29, 1.82) is 0 Å². The summed E-state index contributed by atoms with van der Waals surface area (Å²) in [7, 11) is -2.69. The van der Waals surface area contributed by atoms with E-state index in [4.69, 9.17) is 9.16 Å². The Morgan fingerprint density at radius 1 is 0.917 bits per heavy atom. The van der Waals surface area contributed by atoms with Crippen LogP contribution in [0.5, 0.6) is 0 Å². The van der Waals surface area contributed by atoms with E-state index in [0.717, 1.165) is 21.4 Å². The van der Waals surface area contributed by atoms with Crippen LogP contribution in [0.4, 0.5) is 14.9 Å². The molecular formula is C40H49FN2O4Si. The van der Waals surface area contributed by atoms with Crippen molar-refractivity contribution >= 4 is 30.5 Å². The molecule has 4 aromatic rings. The average molecular weight is 669 g/mol. The Bertz CT molecular complexity index is 1710. The number of aromatic nitrogens is 1. The molecule has 6 nitrogen and oxygen atoms in total. The fourth-order valence-corrected chi connectivity index (χ4v) is 11.7. The van der Waals surface area contributed by atoms with E-state index in [-0.39, 0.29) is 10.9 Å². The van der Waals surface area contributed by atoms with Gasteiger partial charge >= 0.3 is 6.09 Å². The molecule has 0 aliphatic carbocycles. The Kier molecular flexibility index (Phi) is 9.91. The number of hydrogen-bond acceptors (Lipinski definition) is 4. The zero-order valence-corrected chi connectivity index (χ0v) is 30.6. The van der Waals surface area contributed by atoms with Gasteiger partial charge in [0.05, 0.1) is 5.41 Å². The van der Waals surface area contributed by atoms with Gasteiger partial charge in [0, 0.05) is 25.1 Å². The lowest BCUT2D eigenvalue weighted by Gasteiger charge is -2.43. The second-order valence-corrected chi connectivity index (χ2v) is 19.9. The van der Waals surface area contributed by atoms with Crippen molar-refractivity contribution in [2.24, 2.45) is 0 Å². The van der Waals surface area contributed by atoms with Crippen molar-refractivity contribution in [3.05, 3.63) is 125 Å². The van der Waals surface area contributed by atoms with Crippen LogP contribution in [-0.4, -0.2) is 33.2 Å². The van der Waals surface area contributed by atoms with Crippen molar-refractivity contribution < 1.29 is 23.1 Å². The maximum absolute atomic E-state index is 14.7. The summed E-state index contributed by atoms with van der Waals surface area (Å²) < 4.78 is 28.3. The van der Waals surface area contributed by atoms with Gasteiger partial charge in [-0.25, -0.2) is 9.18 Å². The molecule has 1 aliphatic rings. The monoisotopic (exact) mass is 668 g/mol. The molecule has 0 N–H and O–H groups in total. The Labute approximate surface area is 286 Å². The number of anilines is 1. The first-order valence-corrected chi connectivity index (χ1v) is 18.7. The van der Waals surface area contributed by atoms with E-state index >= 15 is 0 Å². The number of carbonyl (C=O) groups is 1. The van der Waals surface area contributed by atoms with Gasteiger partial charge in [-0.1, -0.05) is 87.5 Å². The number of benzene rings is 3. The number of rotatable bonds is 9. The summed E-state index contributed by atoms with van der Waals surface area (Å²) >= 11 is 0. The first-order chi connectivity index (χ1) is 22.5. The molecule has 1 aliphatic heterocycles. The number of halogens is 1. The number of aryl methyl sites for hydroxylation is 1. The summed E-state index contributed by atoms with van der Waals surface area (Å²) in [6, 6.07) is 27.8. The molecule has 0 spiro atoms. The molecule has 1 amide bonds. The van der Waals surface area contributed by atoms with Crippen LogP contribution in [-0.2, 0) is 27.4 Å². The predicted molar refractivity (Wildman–Crippen MR) is 193 cm³/mol. The van der Waals surface area contributed by atoms with E-state index in [1.165, 1.54) is 16.4 Å². The van der Waals surface area contributed by atoms with Gasteiger partial charge < -0.3 is 14.4 Å². The lowest BCUT2D eigenvalue weighted by atomic mass is 9.90. The van der Waals surface area contributed by atoms with Crippen LogP contribution in [0.3, 0.4) is 0 Å². The minimum atomic E-state index is -2.69. The van der Waals surface area contributed by atoms with Crippen LogP contribution in [0.15, 0.2) is 91.1 Å². The first-order valence-electron chi connectivity index (χ1n) is 16.8. The van der Waals surface area contributed by atoms with Crippen LogP contribution < -0.4 is 20.0 Å². The molecule has 1 aromatic heterocycles. The fraction of sp³-hybridized carbons (Fsp3) is 0.400. The summed E-state index contributed by atoms with van der Waals surface area (Å²) in [5.41, 5.74) is 2.44. The van der Waals surface area contributed by atoms with Crippen molar-refractivity contribution in [2.45, 2.75) is 90.7 Å². The third-order valence-corrected chi connectivity index (χ3v) is 14.1. The quantitative estimate of drug-likeness (QED) is 0.0798. The molecule has 254 valence electrons. The lowest BCUT2D eigenvalue weighted by Crippen LogP contribution is -2.66. The number of amides is 1. The standard InChI is InChI=1S/C40H49FN2O4Si/c1-38(2,3)47-37(44)42-28-40(7,8)36-35(42)25-29(27-43(36)45)24-31-21-22-32(41)26-30(31)16-15-23-46-48(39(4,5)6,33-17-11-9-12-18-33)34-19-13-10-14-20-34/h9-14,17-22,25-27H,15-16,23-24,28H2,1-8H3. The molecule has 0 radical (unpaired) electrons. The van der Waals surface area contributed by atoms with Crippen LogP contribution >= 0.6 is 0 Å². The van der Waals surface area contributed by atoms with Crippen molar-refractivity contribution in [1.82, 2.24) is 0 Å². The molecule has 2 heterocycles. The second-order valence-electron chi connectivity index (χ2n) is 15.6. The molecule has 0 saturated heterocycles. The fourth-order valence-electron chi connectivity index (χ4n) is 7.06. The molecule has 3 aromatic carbocycles. The highest BCUT2D eigenvalue weighted by molar-refractivity contribution is 6.99. The average Bonchev–Trinajstić information content (AvgIpc) is 3.28. The van der Waals surface area contributed by atoms with E-state index in [1.54, 1.807) is 23.2 Å². The predicted octanol–water partition coefficient (Wildman–Crippen LogP) is 7.59. The van der Waals surface area contributed by atoms with Crippen LogP contribution in [0.1, 0.15) is 84.2 Å². The Balaban J connectivity index is 1.39. The van der Waals surface area contributed by atoms with E-state index < -0.39 is 25.4 Å². The zero-order valence-electron chi connectivity index (χ0n) is 29.6. The number of carbonyl (C=O) groups excluding carboxylic acids is 1. The SMILES string of the molecule is CC(C)(C)OC(=O)N1CC(C)(C)c2c1cc(Cc1ccc(F)cc1CCCO[Si](c1ccccc1)(c1ccccc1)C(C)(C)C)c[n+]2[O-]. The molecule has 48 heavy (non-hydrogen) atoms. The summed E-state index contributed by atoms with van der Waals surface area (Å²) in [5.74, 6) is -0.299. The Morgan fingerprint density at radius 3 is 2.08 bits per heavy atom. The summed E-state index contributed by atoms with van der Waals surface area (Å²) in [5, 5.41) is 15.7. The Morgan fingerprint density at radius 2 is 1.52 bits per heavy atom. The van der Waals surface area contributed by atoms with Gasteiger partial charge in [-0.3, -0.25) is 4.90 Å². The van der Waals surface area contributed by atoms with Crippen LogP contribution in [0.2, 0.25) is 5.04 Å². The van der Waals surface area contributed by atoms with E-state index in [9.17, 15) is 14.4 Å². The molecule has 0 fully saturated rings. The molecule has 5 rings (SSSR count). The molecule has 0 bridgehead atoms. The van der Waals surface area contributed by atoms with E-state index in [0.29, 0.717) is 43.8 Å². The van der Waals surface area contributed by atoms with Gasteiger partial charge in [0.2, 0.25) is 5.69 Å². The topological polar surface area (TPSA) is 65.7 Å². The number of pyridine rings is 1. The smallest absolute Gasteiger partial charge is 0.415 e. The largest absolute Gasteiger partial charge is 0.618 e. The van der Waals surface area contributed by atoms with Gasteiger partial charge in [-0.2, -0.15) is 4.73 Å². The summed E-state index contributed by atoms with van der Waals surface area (Å²) in [6.45, 7) is 17.0. The molecule has 0 atom stereocenters. The number of fused-ring (bicyclic) bond motifs is 1. The van der Waals surface area contributed by atoms with Gasteiger partial charge in [0.25, 0.3) is 8.32 Å². The van der Waals surface area contributed by atoms with Gasteiger partial charge in [0.15, 0.2) is 6.20 Å². The number of hydrogen-bond donors (Lipinski definition) is 0. The Hall–Kier alpha value is -4.01. The normalized spacial score (nSPS) is 14.6. The summed E-state index contributed by atoms with van der Waals surface area (Å²) in [6.07, 6.45) is 2.84. The maximum atomic E-state index is 14.7. The minimum Gasteiger partial charge on any atom is -0.618 e. The second kappa shape index (κ2) is 13.5. The number of nitrogens with zero attached hydrogens (tertiary/aromatic N) is 2. The minimum absolute atomic E-state index is 0.136. The highest BCUT2D eigenvalue weighted by Crippen LogP contribution is 2.40. The van der Waals surface area contributed by atoms with Gasteiger partial charge in [-0.05, 0) is 92.2 Å². The van der Waals surface area contributed by atoms with Crippen LogP contribution in [0.25, 0.3) is 0 Å². The highest BCUT2D eigenvalue weighted by Gasteiger charge is 2.50. The first kappa shape index (κ1) is 35.3. The molecular weight excluding hydrogens is 620 g/mol. The van der Waals surface area contributed by atoms with Crippen molar-refractivity contribution in [3.8, 4) is 0 Å². The van der Waals surface area contributed by atoms with E-state index in [1.807, 2.05) is 52.8 Å². The highest BCUT2D eigenvalue weighted by atomic mass is 28.4. The van der Waals surface area contributed by atoms with Crippen molar-refractivity contribution in [2.75, 3.05) is 18.1 Å². The van der Waals surface area contributed by atoms with E-state index in [2.05, 4.69) is 69.3 Å². The van der Waals surface area contributed by atoms with Crippen LogP contribution in [0, 0.1) is 11.0 Å². The molecule has 0 unspecified atom stereocenters. The molecule has 0 saturated carbocycles. The van der Waals surface area contributed by atoms with Gasteiger partial charge in [-0.15, -0.1) is 0 Å². The third-order valence-electron chi connectivity index (χ3n) is 9.06. The summed E-state index contributed by atoms with van der Waals surface area (Å²) in [4.78, 5) is 14.7. The number of ether oxygens (including phenoxy) is 1. The maximum Gasteiger partial charge on any atom is 0.415 e. The van der Waals surface area contributed by atoms with Gasteiger partial charge in [0.1, 0.15) is 17.1 Å². The zero-order chi connectivity index (χ0) is 34.9.